The predicted octanol–water partition coefficient (Wildman–Crippen LogP) is 2.00. The van der Waals surface area contributed by atoms with Crippen LogP contribution in [0.25, 0.3) is 0 Å². The zero-order chi connectivity index (χ0) is 17.3. The summed E-state index contributed by atoms with van der Waals surface area (Å²) in [7, 11) is 0. The SMILES string of the molecule is CSCCNC(=O)C(Cc1ccncc1)NC(=O)OC(C)(C)C. The summed E-state index contributed by atoms with van der Waals surface area (Å²) in [5.41, 5.74) is 0.307. The van der Waals surface area contributed by atoms with Gasteiger partial charge in [0.15, 0.2) is 0 Å². The van der Waals surface area contributed by atoms with Crippen LogP contribution in [0.5, 0.6) is 0 Å². The minimum Gasteiger partial charge on any atom is -0.444 e. The molecule has 0 aliphatic carbocycles. The first kappa shape index (κ1) is 19.3. The van der Waals surface area contributed by atoms with Crippen LogP contribution < -0.4 is 10.6 Å². The predicted molar refractivity (Wildman–Crippen MR) is 92.5 cm³/mol. The van der Waals surface area contributed by atoms with Crippen molar-refractivity contribution in [3.63, 3.8) is 0 Å². The summed E-state index contributed by atoms with van der Waals surface area (Å²) in [6.45, 7) is 5.90. The van der Waals surface area contributed by atoms with Gasteiger partial charge in [-0.05, 0) is 44.7 Å². The highest BCUT2D eigenvalue weighted by molar-refractivity contribution is 7.98. The number of aromatic nitrogens is 1. The Morgan fingerprint density at radius 2 is 1.96 bits per heavy atom. The van der Waals surface area contributed by atoms with Gasteiger partial charge < -0.3 is 15.4 Å². The number of carbonyl (C=O) groups excluding carboxylic acids is 2. The monoisotopic (exact) mass is 339 g/mol. The molecule has 128 valence electrons. The van der Waals surface area contributed by atoms with Crippen LogP contribution in [0, 0.1) is 0 Å². The molecule has 0 saturated heterocycles. The van der Waals surface area contributed by atoms with Gasteiger partial charge in [0.1, 0.15) is 11.6 Å². The van der Waals surface area contributed by atoms with E-state index >= 15 is 0 Å². The molecule has 7 heteroatoms. The smallest absolute Gasteiger partial charge is 0.408 e. The maximum atomic E-state index is 12.3. The number of pyridine rings is 1. The Labute approximate surface area is 141 Å². The molecule has 2 N–H and O–H groups in total. The summed E-state index contributed by atoms with van der Waals surface area (Å²) in [5.74, 6) is 0.599. The molecule has 23 heavy (non-hydrogen) atoms. The fraction of sp³-hybridized carbons (Fsp3) is 0.562. The molecule has 0 bridgehead atoms. The summed E-state index contributed by atoms with van der Waals surface area (Å²) >= 11 is 1.65. The van der Waals surface area contributed by atoms with E-state index in [9.17, 15) is 9.59 Å². The number of thioether (sulfide) groups is 1. The van der Waals surface area contributed by atoms with E-state index in [1.165, 1.54) is 0 Å². The molecular formula is C16H25N3O3S. The van der Waals surface area contributed by atoms with E-state index in [2.05, 4.69) is 15.6 Å². The van der Waals surface area contributed by atoms with E-state index in [0.29, 0.717) is 13.0 Å². The number of hydrogen-bond acceptors (Lipinski definition) is 5. The van der Waals surface area contributed by atoms with Gasteiger partial charge in [-0.1, -0.05) is 0 Å². The highest BCUT2D eigenvalue weighted by Crippen LogP contribution is 2.08. The second-order valence-electron chi connectivity index (χ2n) is 6.04. The van der Waals surface area contributed by atoms with Gasteiger partial charge in [-0.3, -0.25) is 9.78 Å². The summed E-state index contributed by atoms with van der Waals surface area (Å²) in [4.78, 5) is 28.2. The number of alkyl carbamates (subject to hydrolysis) is 1. The molecule has 0 radical (unpaired) electrons. The molecule has 1 rings (SSSR count). The van der Waals surface area contributed by atoms with Gasteiger partial charge in [0.05, 0.1) is 0 Å². The first-order valence-corrected chi connectivity index (χ1v) is 8.86. The summed E-state index contributed by atoms with van der Waals surface area (Å²) in [6, 6.07) is 2.95. The molecule has 1 aromatic heterocycles. The van der Waals surface area contributed by atoms with E-state index in [1.807, 2.05) is 18.4 Å². The average molecular weight is 339 g/mol. The van der Waals surface area contributed by atoms with Crippen LogP contribution in [0.1, 0.15) is 26.3 Å². The lowest BCUT2D eigenvalue weighted by molar-refractivity contribution is -0.123. The lowest BCUT2D eigenvalue weighted by Gasteiger charge is -2.23. The third kappa shape index (κ3) is 8.44. The van der Waals surface area contributed by atoms with E-state index in [-0.39, 0.29) is 5.91 Å². The van der Waals surface area contributed by atoms with Crippen LogP contribution in [0.2, 0.25) is 0 Å². The Balaban J connectivity index is 2.71. The molecule has 0 aliphatic heterocycles. The number of rotatable bonds is 7. The number of nitrogens with zero attached hydrogens (tertiary/aromatic N) is 1. The van der Waals surface area contributed by atoms with Gasteiger partial charge >= 0.3 is 6.09 Å². The quantitative estimate of drug-likeness (QED) is 0.743. The van der Waals surface area contributed by atoms with Crippen molar-refractivity contribution < 1.29 is 14.3 Å². The maximum Gasteiger partial charge on any atom is 0.408 e. The number of nitrogens with one attached hydrogen (secondary N) is 2. The van der Waals surface area contributed by atoms with Crippen LogP contribution in [0.3, 0.4) is 0 Å². The molecule has 0 fully saturated rings. The maximum absolute atomic E-state index is 12.3. The molecule has 2 amide bonds. The molecule has 0 aliphatic rings. The van der Waals surface area contributed by atoms with E-state index in [4.69, 9.17) is 4.74 Å². The third-order valence-corrected chi connectivity index (χ3v) is 3.41. The van der Waals surface area contributed by atoms with Gasteiger partial charge in [-0.15, -0.1) is 0 Å². The summed E-state index contributed by atoms with van der Waals surface area (Å²) < 4.78 is 5.24. The molecular weight excluding hydrogens is 314 g/mol. The third-order valence-electron chi connectivity index (χ3n) is 2.80. The van der Waals surface area contributed by atoms with Gasteiger partial charge in [-0.2, -0.15) is 11.8 Å². The van der Waals surface area contributed by atoms with Crippen molar-refractivity contribution in [3.8, 4) is 0 Å². The van der Waals surface area contributed by atoms with Crippen molar-refractivity contribution in [3.05, 3.63) is 30.1 Å². The molecule has 1 aromatic rings. The molecule has 1 atom stereocenters. The van der Waals surface area contributed by atoms with Crippen molar-refractivity contribution in [1.29, 1.82) is 0 Å². The Hall–Kier alpha value is -1.76. The lowest BCUT2D eigenvalue weighted by atomic mass is 10.1. The van der Waals surface area contributed by atoms with Gasteiger partial charge in [0.2, 0.25) is 5.91 Å². The molecule has 0 saturated carbocycles. The lowest BCUT2D eigenvalue weighted by Crippen LogP contribution is -2.49. The fourth-order valence-corrected chi connectivity index (χ4v) is 2.12. The number of hydrogen-bond donors (Lipinski definition) is 2. The van der Waals surface area contributed by atoms with Crippen molar-refractivity contribution in [1.82, 2.24) is 15.6 Å². The van der Waals surface area contributed by atoms with Crippen LogP contribution >= 0.6 is 11.8 Å². The molecule has 0 aromatic carbocycles. The molecule has 6 nitrogen and oxygen atoms in total. The first-order valence-electron chi connectivity index (χ1n) is 7.47. The van der Waals surface area contributed by atoms with Gasteiger partial charge in [0, 0.05) is 31.1 Å². The minimum absolute atomic E-state index is 0.221. The zero-order valence-electron chi connectivity index (χ0n) is 14.1. The fourth-order valence-electron chi connectivity index (χ4n) is 1.81. The van der Waals surface area contributed by atoms with Crippen molar-refractivity contribution >= 4 is 23.8 Å². The topological polar surface area (TPSA) is 80.3 Å². The molecule has 0 spiro atoms. The Kier molecular flexibility index (Phi) is 7.88. The Morgan fingerprint density at radius 3 is 2.52 bits per heavy atom. The zero-order valence-corrected chi connectivity index (χ0v) is 14.9. The van der Waals surface area contributed by atoms with Crippen LogP contribution in [-0.2, 0) is 16.0 Å². The second-order valence-corrected chi connectivity index (χ2v) is 7.03. The minimum atomic E-state index is -0.686. The summed E-state index contributed by atoms with van der Waals surface area (Å²) in [6.07, 6.45) is 5.07. The standard InChI is InChI=1S/C16H25N3O3S/c1-16(2,3)22-15(21)19-13(14(20)18-9-10-23-4)11-12-5-7-17-8-6-12/h5-8,13H,9-11H2,1-4H3,(H,18,20)(H,19,21). The van der Waals surface area contributed by atoms with Crippen LogP contribution in [0.4, 0.5) is 4.79 Å². The molecule has 1 heterocycles. The van der Waals surface area contributed by atoms with E-state index in [0.717, 1.165) is 11.3 Å². The van der Waals surface area contributed by atoms with Crippen LogP contribution in [0.15, 0.2) is 24.5 Å². The largest absolute Gasteiger partial charge is 0.444 e. The Morgan fingerprint density at radius 1 is 1.30 bits per heavy atom. The van der Waals surface area contributed by atoms with Gasteiger partial charge in [0.25, 0.3) is 0 Å². The van der Waals surface area contributed by atoms with Crippen molar-refractivity contribution in [2.45, 2.75) is 38.8 Å². The highest BCUT2D eigenvalue weighted by atomic mass is 32.2. The second kappa shape index (κ2) is 9.39. The normalized spacial score (nSPS) is 12.3. The van der Waals surface area contributed by atoms with Crippen molar-refractivity contribution in [2.75, 3.05) is 18.6 Å². The Bertz CT molecular complexity index is 503. The van der Waals surface area contributed by atoms with E-state index in [1.54, 1.807) is 44.9 Å². The molecule has 1 unspecified atom stereocenters. The van der Waals surface area contributed by atoms with Crippen LogP contribution in [-0.4, -0.2) is 47.2 Å². The van der Waals surface area contributed by atoms with E-state index < -0.39 is 17.7 Å². The number of amides is 2. The number of carbonyl (C=O) groups is 2. The number of ether oxygens (including phenoxy) is 1. The van der Waals surface area contributed by atoms with Gasteiger partial charge in [-0.25, -0.2) is 4.79 Å². The highest BCUT2D eigenvalue weighted by Gasteiger charge is 2.24. The first-order chi connectivity index (χ1) is 10.8. The van der Waals surface area contributed by atoms with Crippen molar-refractivity contribution in [2.24, 2.45) is 0 Å². The summed E-state index contributed by atoms with van der Waals surface area (Å²) in [5, 5.41) is 5.47. The average Bonchev–Trinajstić information content (AvgIpc) is 2.46.